The van der Waals surface area contributed by atoms with Gasteiger partial charge in [0.2, 0.25) is 0 Å². The van der Waals surface area contributed by atoms with Crippen LogP contribution in [0.25, 0.3) is 0 Å². The van der Waals surface area contributed by atoms with Gasteiger partial charge >= 0.3 is 0 Å². The molecular weight excluding hydrogens is 346 g/mol. The zero-order valence-corrected chi connectivity index (χ0v) is 15.9. The van der Waals surface area contributed by atoms with Crippen LogP contribution in [-0.4, -0.2) is 31.2 Å². The number of hydrogen-bond donors (Lipinski definition) is 2. The summed E-state index contributed by atoms with van der Waals surface area (Å²) in [6, 6.07) is 7.68. The third-order valence-corrected chi connectivity index (χ3v) is 4.67. The summed E-state index contributed by atoms with van der Waals surface area (Å²) in [4.78, 5) is 13.3. The Morgan fingerprint density at radius 1 is 1.25 bits per heavy atom. The van der Waals surface area contributed by atoms with Crippen LogP contribution < -0.4 is 10.6 Å². The fourth-order valence-electron chi connectivity index (χ4n) is 2.20. The van der Waals surface area contributed by atoms with Crippen LogP contribution >= 0.6 is 24.2 Å². The van der Waals surface area contributed by atoms with E-state index in [-0.39, 0.29) is 18.3 Å². The lowest BCUT2D eigenvalue weighted by Gasteiger charge is -2.10. The van der Waals surface area contributed by atoms with Gasteiger partial charge in [-0.3, -0.25) is 4.79 Å². The van der Waals surface area contributed by atoms with Gasteiger partial charge in [0.1, 0.15) is 5.76 Å². The predicted molar refractivity (Wildman–Crippen MR) is 100 cm³/mol. The first-order valence-corrected chi connectivity index (χ1v) is 8.68. The smallest absolute Gasteiger partial charge is 0.252 e. The third-order valence-electron chi connectivity index (χ3n) is 3.57. The fourth-order valence-corrected chi connectivity index (χ4v) is 3.40. The summed E-state index contributed by atoms with van der Waals surface area (Å²) in [5.74, 6) is 1.55. The van der Waals surface area contributed by atoms with Gasteiger partial charge in [-0.15, -0.1) is 24.2 Å². The van der Waals surface area contributed by atoms with Crippen LogP contribution in [0, 0.1) is 13.8 Å². The number of amides is 1. The zero-order valence-electron chi connectivity index (χ0n) is 14.2. The Hall–Kier alpha value is -1.50. The van der Waals surface area contributed by atoms with Crippen molar-refractivity contribution >= 4 is 30.1 Å². The number of aromatic nitrogens is 1. The van der Waals surface area contributed by atoms with Gasteiger partial charge < -0.3 is 15.2 Å². The molecule has 0 unspecified atom stereocenters. The summed E-state index contributed by atoms with van der Waals surface area (Å²) < 4.78 is 5.19. The summed E-state index contributed by atoms with van der Waals surface area (Å²) in [7, 11) is 1.91. The van der Waals surface area contributed by atoms with Crippen molar-refractivity contribution < 1.29 is 9.32 Å². The largest absolute Gasteiger partial charge is 0.361 e. The Bertz CT molecular complexity index is 642. The number of halogens is 1. The molecule has 1 amide bonds. The van der Waals surface area contributed by atoms with Crippen LogP contribution in [0.4, 0.5) is 0 Å². The van der Waals surface area contributed by atoms with Crippen LogP contribution in [0.5, 0.6) is 0 Å². The number of thioether (sulfide) groups is 1. The van der Waals surface area contributed by atoms with Crippen molar-refractivity contribution in [2.75, 3.05) is 20.1 Å². The first-order chi connectivity index (χ1) is 11.1. The lowest BCUT2D eigenvalue weighted by Crippen LogP contribution is -2.27. The van der Waals surface area contributed by atoms with Gasteiger partial charge in [-0.1, -0.05) is 17.3 Å². The molecule has 1 aromatic heterocycles. The van der Waals surface area contributed by atoms with E-state index in [2.05, 4.69) is 15.8 Å². The normalized spacial score (nSPS) is 10.3. The second-order valence-electron chi connectivity index (χ2n) is 5.30. The number of hydrogen-bond acceptors (Lipinski definition) is 5. The number of benzene rings is 1. The second-order valence-corrected chi connectivity index (χ2v) is 6.32. The van der Waals surface area contributed by atoms with Crippen LogP contribution in [0.3, 0.4) is 0 Å². The van der Waals surface area contributed by atoms with Gasteiger partial charge in [-0.25, -0.2) is 0 Å². The maximum Gasteiger partial charge on any atom is 0.252 e. The molecule has 1 heterocycles. The molecule has 2 rings (SSSR count). The highest BCUT2D eigenvalue weighted by Gasteiger charge is 2.14. The second kappa shape index (κ2) is 10.4. The zero-order chi connectivity index (χ0) is 16.7. The minimum atomic E-state index is -0.0250. The molecule has 0 saturated heterocycles. The molecule has 0 aliphatic carbocycles. The number of nitrogens with one attached hydrogen (secondary N) is 2. The molecule has 2 N–H and O–H groups in total. The molecule has 132 valence electrons. The SMILES string of the molecule is CNCCCNC(=O)c1ccccc1SCc1c(C)noc1C.Cl. The minimum absolute atomic E-state index is 0. The maximum atomic E-state index is 12.3. The van der Waals surface area contributed by atoms with Crippen molar-refractivity contribution in [2.45, 2.75) is 30.9 Å². The van der Waals surface area contributed by atoms with E-state index >= 15 is 0 Å². The molecule has 0 saturated carbocycles. The number of rotatable bonds is 8. The van der Waals surface area contributed by atoms with Crippen molar-refractivity contribution in [3.8, 4) is 0 Å². The highest BCUT2D eigenvalue weighted by atomic mass is 35.5. The minimum Gasteiger partial charge on any atom is -0.361 e. The quantitative estimate of drug-likeness (QED) is 0.551. The van der Waals surface area contributed by atoms with E-state index in [1.54, 1.807) is 11.8 Å². The Morgan fingerprint density at radius 3 is 2.67 bits per heavy atom. The van der Waals surface area contributed by atoms with Gasteiger partial charge in [-0.05, 0) is 46.0 Å². The molecule has 0 fully saturated rings. The topological polar surface area (TPSA) is 67.2 Å². The molecule has 0 aliphatic rings. The first-order valence-electron chi connectivity index (χ1n) is 7.70. The van der Waals surface area contributed by atoms with E-state index in [4.69, 9.17) is 4.52 Å². The molecule has 1 aromatic carbocycles. The highest BCUT2D eigenvalue weighted by Crippen LogP contribution is 2.28. The van der Waals surface area contributed by atoms with Gasteiger partial charge in [0.05, 0.1) is 11.3 Å². The summed E-state index contributed by atoms with van der Waals surface area (Å²) in [5, 5.41) is 10.0. The third kappa shape index (κ3) is 5.54. The van der Waals surface area contributed by atoms with Gasteiger partial charge in [0, 0.05) is 22.8 Å². The average molecular weight is 370 g/mol. The Labute approximate surface area is 153 Å². The number of nitrogens with zero attached hydrogens (tertiary/aromatic N) is 1. The molecule has 7 heteroatoms. The molecule has 0 radical (unpaired) electrons. The van der Waals surface area contributed by atoms with E-state index in [1.165, 1.54) is 0 Å². The Morgan fingerprint density at radius 2 is 2.00 bits per heavy atom. The van der Waals surface area contributed by atoms with Crippen molar-refractivity contribution in [1.82, 2.24) is 15.8 Å². The fraction of sp³-hybridized carbons (Fsp3) is 0.412. The van der Waals surface area contributed by atoms with E-state index in [1.807, 2.05) is 45.2 Å². The summed E-state index contributed by atoms with van der Waals surface area (Å²) in [6.07, 6.45) is 0.913. The van der Waals surface area contributed by atoms with Crippen molar-refractivity contribution in [3.63, 3.8) is 0 Å². The highest BCUT2D eigenvalue weighted by molar-refractivity contribution is 7.98. The van der Waals surface area contributed by atoms with E-state index in [9.17, 15) is 4.79 Å². The Kier molecular flexibility index (Phi) is 8.89. The van der Waals surface area contributed by atoms with Gasteiger partial charge in [0.15, 0.2) is 0 Å². The lowest BCUT2D eigenvalue weighted by molar-refractivity contribution is 0.0950. The average Bonchev–Trinajstić information content (AvgIpc) is 2.88. The summed E-state index contributed by atoms with van der Waals surface area (Å²) in [6.45, 7) is 5.41. The van der Waals surface area contributed by atoms with Gasteiger partial charge in [-0.2, -0.15) is 0 Å². The van der Waals surface area contributed by atoms with Crippen molar-refractivity contribution in [1.29, 1.82) is 0 Å². The molecule has 0 spiro atoms. The lowest BCUT2D eigenvalue weighted by atomic mass is 10.2. The summed E-state index contributed by atoms with van der Waals surface area (Å²) in [5.41, 5.74) is 2.72. The van der Waals surface area contributed by atoms with Crippen LogP contribution in [-0.2, 0) is 5.75 Å². The van der Waals surface area contributed by atoms with Crippen LogP contribution in [0.15, 0.2) is 33.7 Å². The number of carbonyl (C=O) groups excluding carboxylic acids is 1. The van der Waals surface area contributed by atoms with Crippen LogP contribution in [0.1, 0.15) is 33.8 Å². The first kappa shape index (κ1) is 20.5. The number of aryl methyl sites for hydroxylation is 2. The van der Waals surface area contributed by atoms with Gasteiger partial charge in [0.25, 0.3) is 5.91 Å². The molecule has 5 nitrogen and oxygen atoms in total. The molecule has 0 bridgehead atoms. The monoisotopic (exact) mass is 369 g/mol. The molecule has 0 atom stereocenters. The standard InChI is InChI=1S/C17H23N3O2S.ClH/c1-12-15(13(2)22-20-12)11-23-16-8-5-4-7-14(16)17(21)19-10-6-9-18-3;/h4-5,7-8,18H,6,9-11H2,1-3H3,(H,19,21);1H. The van der Waals surface area contributed by atoms with Crippen molar-refractivity contribution in [2.24, 2.45) is 0 Å². The Balaban J connectivity index is 0.00000288. The summed E-state index contributed by atoms with van der Waals surface area (Å²) >= 11 is 1.63. The molecule has 24 heavy (non-hydrogen) atoms. The van der Waals surface area contributed by atoms with E-state index in [0.29, 0.717) is 12.1 Å². The predicted octanol–water partition coefficient (Wildman–Crippen LogP) is 3.34. The molecule has 2 aromatic rings. The number of carbonyl (C=O) groups is 1. The maximum absolute atomic E-state index is 12.3. The van der Waals surface area contributed by atoms with E-state index in [0.717, 1.165) is 40.6 Å². The van der Waals surface area contributed by atoms with E-state index < -0.39 is 0 Å². The van der Waals surface area contributed by atoms with Crippen molar-refractivity contribution in [3.05, 3.63) is 46.8 Å². The molecular formula is C17H24ClN3O2S. The molecule has 0 aliphatic heterocycles. The van der Waals surface area contributed by atoms with Crippen LogP contribution in [0.2, 0.25) is 0 Å².